The van der Waals surface area contributed by atoms with Crippen molar-refractivity contribution in [2.75, 3.05) is 33.2 Å². The van der Waals surface area contributed by atoms with E-state index in [2.05, 4.69) is 39.4 Å². The van der Waals surface area contributed by atoms with E-state index in [9.17, 15) is 0 Å². The molecule has 1 saturated heterocycles. The third kappa shape index (κ3) is 6.54. The second-order valence-corrected chi connectivity index (χ2v) is 6.83. The second-order valence-electron chi connectivity index (χ2n) is 5.63. The van der Waals surface area contributed by atoms with Crippen LogP contribution in [-0.4, -0.2) is 55.1 Å². The lowest BCUT2D eigenvalue weighted by Gasteiger charge is -2.23. The Kier molecular flexibility index (Phi) is 10.0. The fourth-order valence-corrected chi connectivity index (χ4v) is 3.75. The van der Waals surface area contributed by atoms with Gasteiger partial charge in [0.1, 0.15) is 0 Å². The Balaban J connectivity index is 0.00000264. The molecular formula is C16H30IN5S. The van der Waals surface area contributed by atoms with Crippen molar-refractivity contribution in [3.8, 4) is 0 Å². The van der Waals surface area contributed by atoms with Crippen LogP contribution in [0.3, 0.4) is 0 Å². The number of aryl methyl sites for hydroxylation is 1. The highest BCUT2D eigenvalue weighted by Gasteiger charge is 2.22. The van der Waals surface area contributed by atoms with Gasteiger partial charge in [0.25, 0.3) is 0 Å². The van der Waals surface area contributed by atoms with Gasteiger partial charge in [-0.05, 0) is 32.4 Å². The Morgan fingerprint density at radius 1 is 1.43 bits per heavy atom. The summed E-state index contributed by atoms with van der Waals surface area (Å²) in [6.07, 6.45) is 6.62. The number of aliphatic imine (C=N–C) groups is 1. The summed E-state index contributed by atoms with van der Waals surface area (Å²) in [4.78, 5) is 12.7. The maximum atomic E-state index is 4.45. The van der Waals surface area contributed by atoms with Crippen LogP contribution < -0.4 is 10.6 Å². The molecule has 1 unspecified atom stereocenters. The Bertz CT molecular complexity index is 477. The predicted molar refractivity (Wildman–Crippen MR) is 110 cm³/mol. The van der Waals surface area contributed by atoms with E-state index in [-0.39, 0.29) is 24.0 Å². The van der Waals surface area contributed by atoms with Gasteiger partial charge in [-0.3, -0.25) is 9.89 Å². The van der Waals surface area contributed by atoms with Crippen molar-refractivity contribution < 1.29 is 0 Å². The van der Waals surface area contributed by atoms with Crippen LogP contribution in [0.5, 0.6) is 0 Å². The number of thiazole rings is 1. The molecule has 2 N–H and O–H groups in total. The Morgan fingerprint density at radius 2 is 2.26 bits per heavy atom. The molecule has 0 spiro atoms. The van der Waals surface area contributed by atoms with Gasteiger partial charge in [0.05, 0.1) is 5.01 Å². The molecule has 0 saturated carbocycles. The van der Waals surface area contributed by atoms with Crippen LogP contribution in [0.15, 0.2) is 11.2 Å². The van der Waals surface area contributed by atoms with Gasteiger partial charge in [0, 0.05) is 43.7 Å². The number of nitrogens with zero attached hydrogens (tertiary/aromatic N) is 3. The molecule has 23 heavy (non-hydrogen) atoms. The number of hydrogen-bond acceptors (Lipinski definition) is 4. The second kappa shape index (κ2) is 11.2. The summed E-state index contributed by atoms with van der Waals surface area (Å²) in [6.45, 7) is 8.64. The number of halogens is 1. The van der Waals surface area contributed by atoms with Crippen molar-refractivity contribution in [2.24, 2.45) is 4.99 Å². The third-order valence-electron chi connectivity index (χ3n) is 4.22. The van der Waals surface area contributed by atoms with Crippen LogP contribution in [0.2, 0.25) is 0 Å². The molecule has 1 aliphatic rings. The summed E-state index contributed by atoms with van der Waals surface area (Å²) in [6, 6.07) is 0.648. The van der Waals surface area contributed by atoms with Crippen molar-refractivity contribution in [2.45, 2.75) is 45.6 Å². The van der Waals surface area contributed by atoms with Gasteiger partial charge in [-0.25, -0.2) is 4.98 Å². The number of guanidine groups is 1. The predicted octanol–water partition coefficient (Wildman–Crippen LogP) is 2.52. The highest BCUT2D eigenvalue weighted by Crippen LogP contribution is 2.15. The fourth-order valence-electron chi connectivity index (χ4n) is 2.89. The number of likely N-dealkylation sites (N-methyl/N-ethyl adjacent to an activating group) is 1. The largest absolute Gasteiger partial charge is 0.356 e. The lowest BCUT2D eigenvalue weighted by Crippen LogP contribution is -2.45. The number of hydrogen-bond donors (Lipinski definition) is 2. The zero-order valence-corrected chi connectivity index (χ0v) is 17.6. The Hall–Kier alpha value is -0.410. The summed E-state index contributed by atoms with van der Waals surface area (Å²) in [5.74, 6) is 0.898. The van der Waals surface area contributed by atoms with Gasteiger partial charge in [-0.15, -0.1) is 35.3 Å². The van der Waals surface area contributed by atoms with Crippen molar-refractivity contribution in [1.29, 1.82) is 0 Å². The van der Waals surface area contributed by atoms with Gasteiger partial charge in [-0.1, -0.05) is 13.8 Å². The minimum atomic E-state index is 0. The zero-order valence-electron chi connectivity index (χ0n) is 14.5. The van der Waals surface area contributed by atoms with Crippen LogP contribution in [0.4, 0.5) is 0 Å². The van der Waals surface area contributed by atoms with Gasteiger partial charge < -0.3 is 10.6 Å². The molecule has 0 radical (unpaired) electrons. The maximum absolute atomic E-state index is 4.45. The number of nitrogens with one attached hydrogen (secondary N) is 2. The van der Waals surface area contributed by atoms with E-state index >= 15 is 0 Å². The van der Waals surface area contributed by atoms with Gasteiger partial charge in [-0.2, -0.15) is 0 Å². The van der Waals surface area contributed by atoms with Gasteiger partial charge in [0.15, 0.2) is 5.96 Å². The molecule has 0 bridgehead atoms. The maximum Gasteiger partial charge on any atom is 0.191 e. The topological polar surface area (TPSA) is 52.6 Å². The highest BCUT2D eigenvalue weighted by molar-refractivity contribution is 14.0. The highest BCUT2D eigenvalue weighted by atomic mass is 127. The van der Waals surface area contributed by atoms with Crippen LogP contribution in [-0.2, 0) is 12.8 Å². The summed E-state index contributed by atoms with van der Waals surface area (Å²) in [5, 5.41) is 8.05. The van der Waals surface area contributed by atoms with E-state index in [0.717, 1.165) is 38.4 Å². The average Bonchev–Trinajstić information content (AvgIpc) is 3.19. The summed E-state index contributed by atoms with van der Waals surface area (Å²) in [7, 11) is 1.83. The van der Waals surface area contributed by atoms with E-state index < -0.39 is 0 Å². The number of rotatable bonds is 7. The average molecular weight is 451 g/mol. The summed E-state index contributed by atoms with van der Waals surface area (Å²) in [5.41, 5.74) is 0. The first-order valence-corrected chi connectivity index (χ1v) is 9.20. The number of likely N-dealkylation sites (tertiary alicyclic amines) is 1. The quantitative estimate of drug-likeness (QED) is 0.380. The SMILES string of the molecule is CCc1cnc(CCNC(=NC)NCC2CCCN2CC)s1.I. The van der Waals surface area contributed by atoms with E-state index in [1.165, 1.54) is 29.3 Å². The fraction of sp³-hybridized carbons (Fsp3) is 0.750. The molecule has 1 atom stereocenters. The molecule has 1 fully saturated rings. The number of aromatic nitrogens is 1. The first-order chi connectivity index (χ1) is 10.8. The van der Waals surface area contributed by atoms with Crippen molar-refractivity contribution >= 4 is 41.3 Å². The lowest BCUT2D eigenvalue weighted by molar-refractivity contribution is 0.267. The summed E-state index contributed by atoms with van der Waals surface area (Å²) < 4.78 is 0. The molecular weight excluding hydrogens is 421 g/mol. The van der Waals surface area contributed by atoms with Crippen LogP contribution in [0, 0.1) is 0 Å². The first-order valence-electron chi connectivity index (χ1n) is 8.39. The Morgan fingerprint density at radius 3 is 2.91 bits per heavy atom. The molecule has 2 heterocycles. The molecule has 132 valence electrons. The van der Waals surface area contributed by atoms with Crippen LogP contribution in [0.1, 0.15) is 36.6 Å². The van der Waals surface area contributed by atoms with Crippen molar-refractivity contribution in [3.05, 3.63) is 16.1 Å². The molecule has 0 aliphatic carbocycles. The van der Waals surface area contributed by atoms with Crippen molar-refractivity contribution in [1.82, 2.24) is 20.5 Å². The molecule has 7 heteroatoms. The third-order valence-corrected chi connectivity index (χ3v) is 5.42. The van der Waals surface area contributed by atoms with Crippen LogP contribution >= 0.6 is 35.3 Å². The zero-order chi connectivity index (χ0) is 15.8. The molecule has 5 nitrogen and oxygen atoms in total. The normalized spacial score (nSPS) is 18.7. The standard InChI is InChI=1S/C16H29N5S.HI/c1-4-14-12-19-15(22-14)8-9-18-16(17-3)20-11-13-7-6-10-21(13)5-2;/h12-13H,4-11H2,1-3H3,(H2,17,18,20);1H. The molecule has 0 aromatic carbocycles. The van der Waals surface area contributed by atoms with Crippen molar-refractivity contribution in [3.63, 3.8) is 0 Å². The molecule has 2 rings (SSSR count). The lowest BCUT2D eigenvalue weighted by atomic mass is 10.2. The molecule has 1 aromatic heterocycles. The molecule has 1 aromatic rings. The van der Waals surface area contributed by atoms with E-state index in [4.69, 9.17) is 0 Å². The minimum Gasteiger partial charge on any atom is -0.356 e. The van der Waals surface area contributed by atoms with E-state index in [1.807, 2.05) is 24.6 Å². The van der Waals surface area contributed by atoms with Gasteiger partial charge in [0.2, 0.25) is 0 Å². The molecule has 1 aliphatic heterocycles. The Labute approximate surface area is 161 Å². The smallest absolute Gasteiger partial charge is 0.191 e. The van der Waals surface area contributed by atoms with Crippen LogP contribution in [0.25, 0.3) is 0 Å². The van der Waals surface area contributed by atoms with E-state index in [0.29, 0.717) is 6.04 Å². The van der Waals surface area contributed by atoms with E-state index in [1.54, 1.807) is 0 Å². The molecule has 0 amide bonds. The van der Waals surface area contributed by atoms with Gasteiger partial charge >= 0.3 is 0 Å². The minimum absolute atomic E-state index is 0. The summed E-state index contributed by atoms with van der Waals surface area (Å²) >= 11 is 1.81. The first kappa shape index (κ1) is 20.6. The monoisotopic (exact) mass is 451 g/mol.